The van der Waals surface area contributed by atoms with E-state index in [0.717, 1.165) is 27.5 Å². The fourth-order valence-electron chi connectivity index (χ4n) is 1.92. The Bertz CT molecular complexity index is 705. The topological polar surface area (TPSA) is 42.0 Å². The number of carbonyl (C=O) groups is 1. The SMILES string of the molecule is O=CNc1ccc(-c2csc(-c3ccccc3)n2)cc1. The number of rotatable bonds is 4. The van der Waals surface area contributed by atoms with Crippen molar-refractivity contribution in [3.63, 3.8) is 0 Å². The number of benzene rings is 2. The highest BCUT2D eigenvalue weighted by Gasteiger charge is 2.06. The number of hydrogen-bond acceptors (Lipinski definition) is 3. The molecule has 0 aliphatic heterocycles. The van der Waals surface area contributed by atoms with Crippen molar-refractivity contribution in [1.29, 1.82) is 0 Å². The molecule has 3 rings (SSSR count). The lowest BCUT2D eigenvalue weighted by atomic mass is 10.1. The van der Waals surface area contributed by atoms with Gasteiger partial charge in [0.2, 0.25) is 6.41 Å². The third-order valence-corrected chi connectivity index (χ3v) is 3.82. The van der Waals surface area contributed by atoms with E-state index >= 15 is 0 Å². The number of thiazole rings is 1. The van der Waals surface area contributed by atoms with Gasteiger partial charge in [-0.3, -0.25) is 4.79 Å². The lowest BCUT2D eigenvalue weighted by Crippen LogP contribution is -1.92. The van der Waals surface area contributed by atoms with Crippen LogP contribution in [0, 0.1) is 0 Å². The lowest BCUT2D eigenvalue weighted by Gasteiger charge is -2.00. The summed E-state index contributed by atoms with van der Waals surface area (Å²) in [5.41, 5.74) is 3.90. The van der Waals surface area contributed by atoms with Gasteiger partial charge in [-0.05, 0) is 12.1 Å². The molecule has 0 saturated carbocycles. The van der Waals surface area contributed by atoms with Crippen molar-refractivity contribution in [2.24, 2.45) is 0 Å². The Balaban J connectivity index is 1.88. The van der Waals surface area contributed by atoms with Crippen LogP contribution in [0.25, 0.3) is 21.8 Å². The minimum Gasteiger partial charge on any atom is -0.329 e. The van der Waals surface area contributed by atoms with Gasteiger partial charge >= 0.3 is 0 Å². The Morgan fingerprint density at radius 3 is 2.40 bits per heavy atom. The Labute approximate surface area is 120 Å². The number of anilines is 1. The molecular formula is C16H12N2OS. The van der Waals surface area contributed by atoms with Gasteiger partial charge in [-0.15, -0.1) is 11.3 Å². The maximum atomic E-state index is 10.4. The van der Waals surface area contributed by atoms with Crippen LogP contribution in [0.1, 0.15) is 0 Å². The van der Waals surface area contributed by atoms with Gasteiger partial charge in [0, 0.05) is 22.2 Å². The Morgan fingerprint density at radius 1 is 0.950 bits per heavy atom. The second-order valence-electron chi connectivity index (χ2n) is 4.24. The molecule has 0 aliphatic carbocycles. The summed E-state index contributed by atoms with van der Waals surface area (Å²) in [6.45, 7) is 0. The van der Waals surface area contributed by atoms with E-state index in [-0.39, 0.29) is 0 Å². The normalized spacial score (nSPS) is 10.2. The number of nitrogens with one attached hydrogen (secondary N) is 1. The van der Waals surface area contributed by atoms with Crippen molar-refractivity contribution in [2.75, 3.05) is 5.32 Å². The Hall–Kier alpha value is -2.46. The second-order valence-corrected chi connectivity index (χ2v) is 5.10. The largest absolute Gasteiger partial charge is 0.329 e. The number of carbonyl (C=O) groups excluding carboxylic acids is 1. The summed E-state index contributed by atoms with van der Waals surface area (Å²) >= 11 is 1.63. The summed E-state index contributed by atoms with van der Waals surface area (Å²) < 4.78 is 0. The predicted molar refractivity (Wildman–Crippen MR) is 82.7 cm³/mol. The third-order valence-electron chi connectivity index (χ3n) is 2.93. The van der Waals surface area contributed by atoms with Gasteiger partial charge in [-0.2, -0.15) is 0 Å². The quantitative estimate of drug-likeness (QED) is 0.733. The molecule has 98 valence electrons. The van der Waals surface area contributed by atoms with Gasteiger partial charge in [0.15, 0.2) is 0 Å². The van der Waals surface area contributed by atoms with Crippen molar-refractivity contribution in [2.45, 2.75) is 0 Å². The van der Waals surface area contributed by atoms with Crippen molar-refractivity contribution < 1.29 is 4.79 Å². The van der Waals surface area contributed by atoms with Gasteiger partial charge in [0.1, 0.15) is 5.01 Å². The van der Waals surface area contributed by atoms with E-state index in [1.807, 2.05) is 47.8 Å². The van der Waals surface area contributed by atoms with Crippen LogP contribution in [0.5, 0.6) is 0 Å². The van der Waals surface area contributed by atoms with Crippen molar-refractivity contribution in [3.8, 4) is 21.8 Å². The molecule has 2 aromatic carbocycles. The molecule has 4 heteroatoms. The highest BCUT2D eigenvalue weighted by molar-refractivity contribution is 7.13. The molecule has 0 radical (unpaired) electrons. The zero-order chi connectivity index (χ0) is 13.8. The monoisotopic (exact) mass is 280 g/mol. The molecule has 0 spiro atoms. The van der Waals surface area contributed by atoms with Crippen LogP contribution in [0.4, 0.5) is 5.69 Å². The van der Waals surface area contributed by atoms with Crippen molar-refractivity contribution in [3.05, 3.63) is 60.0 Å². The van der Waals surface area contributed by atoms with E-state index in [4.69, 9.17) is 0 Å². The van der Waals surface area contributed by atoms with E-state index in [1.54, 1.807) is 11.3 Å². The highest BCUT2D eigenvalue weighted by Crippen LogP contribution is 2.29. The summed E-state index contributed by atoms with van der Waals surface area (Å²) in [6, 6.07) is 17.8. The molecule has 0 saturated heterocycles. The number of hydrogen-bond donors (Lipinski definition) is 1. The average molecular weight is 280 g/mol. The molecule has 20 heavy (non-hydrogen) atoms. The van der Waals surface area contributed by atoms with Gasteiger partial charge in [0.05, 0.1) is 5.69 Å². The maximum Gasteiger partial charge on any atom is 0.211 e. The van der Waals surface area contributed by atoms with Gasteiger partial charge in [-0.25, -0.2) is 4.98 Å². The molecule has 0 aliphatic rings. The zero-order valence-corrected chi connectivity index (χ0v) is 11.4. The van der Waals surface area contributed by atoms with Gasteiger partial charge in [0.25, 0.3) is 0 Å². The smallest absolute Gasteiger partial charge is 0.211 e. The fourth-order valence-corrected chi connectivity index (χ4v) is 2.76. The molecule has 0 fully saturated rings. The summed E-state index contributed by atoms with van der Waals surface area (Å²) in [5, 5.41) is 5.67. The summed E-state index contributed by atoms with van der Waals surface area (Å²) in [7, 11) is 0. The number of aromatic nitrogens is 1. The molecule has 1 N–H and O–H groups in total. The van der Waals surface area contributed by atoms with Gasteiger partial charge in [-0.1, -0.05) is 42.5 Å². The first-order valence-corrected chi connectivity index (χ1v) is 7.06. The maximum absolute atomic E-state index is 10.4. The summed E-state index contributed by atoms with van der Waals surface area (Å²) in [6.07, 6.45) is 0.672. The average Bonchev–Trinajstić information content (AvgIpc) is 2.99. The first kappa shape index (κ1) is 12.6. The Kier molecular flexibility index (Phi) is 3.56. The van der Waals surface area contributed by atoms with Gasteiger partial charge < -0.3 is 5.32 Å². The number of nitrogens with zero attached hydrogens (tertiary/aromatic N) is 1. The van der Waals surface area contributed by atoms with E-state index < -0.39 is 0 Å². The van der Waals surface area contributed by atoms with E-state index in [2.05, 4.69) is 22.4 Å². The molecule has 0 unspecified atom stereocenters. The molecule has 1 aromatic heterocycles. The highest BCUT2D eigenvalue weighted by atomic mass is 32.1. The molecule has 3 nitrogen and oxygen atoms in total. The number of amides is 1. The minimum atomic E-state index is 0.672. The fraction of sp³-hybridized carbons (Fsp3) is 0. The third kappa shape index (κ3) is 2.60. The molecule has 0 bridgehead atoms. The first-order valence-electron chi connectivity index (χ1n) is 6.18. The van der Waals surface area contributed by atoms with E-state index in [0.29, 0.717) is 6.41 Å². The van der Waals surface area contributed by atoms with Crippen LogP contribution in [0.15, 0.2) is 60.0 Å². The van der Waals surface area contributed by atoms with Crippen LogP contribution < -0.4 is 5.32 Å². The lowest BCUT2D eigenvalue weighted by molar-refractivity contribution is -0.105. The molecule has 0 atom stereocenters. The molecular weight excluding hydrogens is 268 g/mol. The van der Waals surface area contributed by atoms with Crippen LogP contribution in [0.2, 0.25) is 0 Å². The van der Waals surface area contributed by atoms with Crippen LogP contribution >= 0.6 is 11.3 Å². The molecule has 3 aromatic rings. The standard InChI is InChI=1S/C16H12N2OS/c19-11-17-14-8-6-12(7-9-14)15-10-20-16(18-15)13-4-2-1-3-5-13/h1-11H,(H,17,19). The summed E-state index contributed by atoms with van der Waals surface area (Å²) in [5.74, 6) is 0. The van der Waals surface area contributed by atoms with Crippen LogP contribution in [-0.4, -0.2) is 11.4 Å². The zero-order valence-electron chi connectivity index (χ0n) is 10.6. The molecule has 1 heterocycles. The summed E-state index contributed by atoms with van der Waals surface area (Å²) in [4.78, 5) is 15.0. The Morgan fingerprint density at radius 2 is 1.70 bits per heavy atom. The second kappa shape index (κ2) is 5.67. The van der Waals surface area contributed by atoms with Crippen LogP contribution in [0.3, 0.4) is 0 Å². The van der Waals surface area contributed by atoms with Crippen molar-refractivity contribution in [1.82, 2.24) is 4.98 Å². The van der Waals surface area contributed by atoms with E-state index in [9.17, 15) is 4.79 Å². The van der Waals surface area contributed by atoms with Crippen LogP contribution in [-0.2, 0) is 4.79 Å². The predicted octanol–water partition coefficient (Wildman–Crippen LogP) is 4.05. The van der Waals surface area contributed by atoms with Crippen molar-refractivity contribution >= 4 is 23.4 Å². The first-order chi connectivity index (χ1) is 9.86. The minimum absolute atomic E-state index is 0.672. The molecule has 1 amide bonds. The van der Waals surface area contributed by atoms with E-state index in [1.165, 1.54) is 0 Å².